The SMILES string of the molecule is Cc1cc(OCc2ccccc2F)c(CCl)cn1. The first-order valence-electron chi connectivity index (χ1n) is 5.58. The molecule has 0 saturated heterocycles. The van der Waals surface area contributed by atoms with Gasteiger partial charge in [0.25, 0.3) is 0 Å². The number of aryl methyl sites for hydroxylation is 1. The monoisotopic (exact) mass is 265 g/mol. The number of hydrogen-bond acceptors (Lipinski definition) is 2. The van der Waals surface area contributed by atoms with Crippen LogP contribution in [0.2, 0.25) is 0 Å². The predicted molar refractivity (Wildman–Crippen MR) is 69.3 cm³/mol. The van der Waals surface area contributed by atoms with Gasteiger partial charge in [0.05, 0.1) is 5.88 Å². The minimum absolute atomic E-state index is 0.181. The van der Waals surface area contributed by atoms with Gasteiger partial charge in [-0.15, -0.1) is 11.6 Å². The summed E-state index contributed by atoms with van der Waals surface area (Å²) in [6.45, 7) is 2.05. The van der Waals surface area contributed by atoms with Gasteiger partial charge < -0.3 is 4.74 Å². The van der Waals surface area contributed by atoms with E-state index < -0.39 is 0 Å². The quantitative estimate of drug-likeness (QED) is 0.784. The van der Waals surface area contributed by atoms with Crippen LogP contribution in [-0.4, -0.2) is 4.98 Å². The summed E-state index contributed by atoms with van der Waals surface area (Å²) < 4.78 is 19.0. The average Bonchev–Trinajstić information content (AvgIpc) is 2.38. The van der Waals surface area contributed by atoms with Crippen LogP contribution in [0.5, 0.6) is 5.75 Å². The minimum Gasteiger partial charge on any atom is -0.488 e. The minimum atomic E-state index is -0.268. The largest absolute Gasteiger partial charge is 0.488 e. The van der Waals surface area contributed by atoms with Gasteiger partial charge in [-0.1, -0.05) is 18.2 Å². The third-order valence-corrected chi connectivity index (χ3v) is 2.85. The fourth-order valence-corrected chi connectivity index (χ4v) is 1.77. The summed E-state index contributed by atoms with van der Waals surface area (Å²) in [4.78, 5) is 4.14. The zero-order valence-electron chi connectivity index (χ0n) is 9.99. The third-order valence-electron chi connectivity index (χ3n) is 2.57. The lowest BCUT2D eigenvalue weighted by Crippen LogP contribution is -2.01. The highest BCUT2D eigenvalue weighted by Gasteiger charge is 2.06. The van der Waals surface area contributed by atoms with Gasteiger partial charge in [-0.2, -0.15) is 0 Å². The zero-order valence-corrected chi connectivity index (χ0v) is 10.7. The molecule has 0 aliphatic carbocycles. The molecule has 0 spiro atoms. The number of aromatic nitrogens is 1. The van der Waals surface area contributed by atoms with Gasteiger partial charge in [0.15, 0.2) is 0 Å². The number of pyridine rings is 1. The van der Waals surface area contributed by atoms with Crippen molar-refractivity contribution in [3.05, 3.63) is 59.2 Å². The lowest BCUT2D eigenvalue weighted by Gasteiger charge is -2.10. The highest BCUT2D eigenvalue weighted by Crippen LogP contribution is 2.22. The number of nitrogens with zero attached hydrogens (tertiary/aromatic N) is 1. The van der Waals surface area contributed by atoms with Gasteiger partial charge in [-0.25, -0.2) is 4.39 Å². The predicted octanol–water partition coefficient (Wildman–Crippen LogP) is 3.85. The first-order chi connectivity index (χ1) is 8.70. The standard InChI is InChI=1S/C14H13ClFNO/c1-10-6-14(12(7-15)8-17-10)18-9-11-4-2-3-5-13(11)16/h2-6,8H,7,9H2,1H3. The van der Waals surface area contributed by atoms with E-state index in [2.05, 4.69) is 4.98 Å². The summed E-state index contributed by atoms with van der Waals surface area (Å²) in [6, 6.07) is 8.35. The van der Waals surface area contributed by atoms with E-state index in [0.717, 1.165) is 11.3 Å². The second kappa shape index (κ2) is 5.83. The van der Waals surface area contributed by atoms with Crippen LogP contribution in [0, 0.1) is 12.7 Å². The van der Waals surface area contributed by atoms with E-state index in [1.165, 1.54) is 6.07 Å². The van der Waals surface area contributed by atoms with Crippen LogP contribution in [0.15, 0.2) is 36.5 Å². The molecule has 0 bridgehead atoms. The van der Waals surface area contributed by atoms with Crippen molar-refractivity contribution in [3.8, 4) is 5.75 Å². The number of hydrogen-bond donors (Lipinski definition) is 0. The molecule has 0 N–H and O–H groups in total. The van der Waals surface area contributed by atoms with E-state index in [9.17, 15) is 4.39 Å². The van der Waals surface area contributed by atoms with Crippen molar-refractivity contribution in [2.45, 2.75) is 19.4 Å². The molecular weight excluding hydrogens is 253 g/mol. The second-order valence-corrected chi connectivity index (χ2v) is 4.21. The summed E-state index contributed by atoms with van der Waals surface area (Å²) in [6.07, 6.45) is 1.68. The van der Waals surface area contributed by atoms with E-state index in [1.807, 2.05) is 6.92 Å². The summed E-state index contributed by atoms with van der Waals surface area (Å²) >= 11 is 5.80. The van der Waals surface area contributed by atoms with Crippen molar-refractivity contribution in [1.29, 1.82) is 0 Å². The molecule has 1 aromatic carbocycles. The first-order valence-corrected chi connectivity index (χ1v) is 6.12. The topological polar surface area (TPSA) is 22.1 Å². The molecule has 18 heavy (non-hydrogen) atoms. The van der Waals surface area contributed by atoms with Crippen LogP contribution >= 0.6 is 11.6 Å². The summed E-state index contributed by atoms with van der Waals surface area (Å²) in [7, 11) is 0. The second-order valence-electron chi connectivity index (χ2n) is 3.95. The van der Waals surface area contributed by atoms with E-state index >= 15 is 0 Å². The average molecular weight is 266 g/mol. The van der Waals surface area contributed by atoms with Crippen molar-refractivity contribution < 1.29 is 9.13 Å². The molecule has 0 atom stereocenters. The van der Waals surface area contributed by atoms with Gasteiger partial charge in [0.1, 0.15) is 18.2 Å². The molecule has 0 unspecified atom stereocenters. The Morgan fingerprint density at radius 2 is 2.06 bits per heavy atom. The molecule has 1 aromatic heterocycles. The zero-order chi connectivity index (χ0) is 13.0. The van der Waals surface area contributed by atoms with E-state index in [4.69, 9.17) is 16.3 Å². The van der Waals surface area contributed by atoms with Crippen LogP contribution in [0.3, 0.4) is 0 Å². The molecular formula is C14H13ClFNO. The van der Waals surface area contributed by atoms with Gasteiger partial charge in [0.2, 0.25) is 0 Å². The highest BCUT2D eigenvalue weighted by molar-refractivity contribution is 6.17. The van der Waals surface area contributed by atoms with Gasteiger partial charge in [-0.3, -0.25) is 4.98 Å². The number of alkyl halides is 1. The van der Waals surface area contributed by atoms with Gasteiger partial charge in [0, 0.05) is 29.1 Å². The highest BCUT2D eigenvalue weighted by atomic mass is 35.5. The maximum Gasteiger partial charge on any atom is 0.129 e. The molecule has 94 valence electrons. The molecule has 0 aliphatic heterocycles. The van der Waals surface area contributed by atoms with E-state index in [-0.39, 0.29) is 12.4 Å². The maximum absolute atomic E-state index is 13.4. The molecule has 1 heterocycles. The Morgan fingerprint density at radius 3 is 2.78 bits per heavy atom. The van der Waals surface area contributed by atoms with Gasteiger partial charge >= 0.3 is 0 Å². The Balaban J connectivity index is 2.15. The number of halogens is 2. The van der Waals surface area contributed by atoms with Crippen LogP contribution in [0.25, 0.3) is 0 Å². The molecule has 0 radical (unpaired) electrons. The van der Waals surface area contributed by atoms with Gasteiger partial charge in [-0.05, 0) is 13.0 Å². The summed E-state index contributed by atoms with van der Waals surface area (Å²) in [5.74, 6) is 0.705. The van der Waals surface area contributed by atoms with Crippen molar-refractivity contribution in [1.82, 2.24) is 4.98 Å². The third kappa shape index (κ3) is 2.99. The van der Waals surface area contributed by atoms with Crippen molar-refractivity contribution >= 4 is 11.6 Å². The van der Waals surface area contributed by atoms with Crippen LogP contribution in [0.4, 0.5) is 4.39 Å². The smallest absolute Gasteiger partial charge is 0.129 e. The Morgan fingerprint density at radius 1 is 1.28 bits per heavy atom. The lowest BCUT2D eigenvalue weighted by molar-refractivity contribution is 0.297. The Bertz CT molecular complexity index is 545. The Hall–Kier alpha value is -1.61. The molecule has 2 rings (SSSR count). The Kier molecular flexibility index (Phi) is 4.15. The van der Waals surface area contributed by atoms with Crippen molar-refractivity contribution in [2.75, 3.05) is 0 Å². The fourth-order valence-electron chi connectivity index (χ4n) is 1.57. The maximum atomic E-state index is 13.4. The van der Waals surface area contributed by atoms with Crippen molar-refractivity contribution in [2.24, 2.45) is 0 Å². The van der Waals surface area contributed by atoms with Crippen molar-refractivity contribution in [3.63, 3.8) is 0 Å². The molecule has 4 heteroatoms. The Labute approximate surface area is 110 Å². The number of ether oxygens (including phenoxy) is 1. The van der Waals surface area contributed by atoms with Crippen LogP contribution in [-0.2, 0) is 12.5 Å². The molecule has 2 aromatic rings. The van der Waals surface area contributed by atoms with E-state index in [0.29, 0.717) is 17.2 Å². The first kappa shape index (κ1) is 12.8. The summed E-state index contributed by atoms with van der Waals surface area (Å²) in [5, 5.41) is 0. The molecule has 0 amide bonds. The van der Waals surface area contributed by atoms with Crippen LogP contribution in [0.1, 0.15) is 16.8 Å². The molecule has 0 aliphatic rings. The fraction of sp³-hybridized carbons (Fsp3) is 0.214. The number of benzene rings is 1. The molecule has 2 nitrogen and oxygen atoms in total. The van der Waals surface area contributed by atoms with Crippen LogP contribution < -0.4 is 4.74 Å². The molecule has 0 saturated carbocycles. The molecule has 0 fully saturated rings. The summed E-state index contributed by atoms with van der Waals surface area (Å²) in [5.41, 5.74) is 2.17. The lowest BCUT2D eigenvalue weighted by atomic mass is 10.2. The normalized spacial score (nSPS) is 10.4. The number of rotatable bonds is 4. The van der Waals surface area contributed by atoms with E-state index in [1.54, 1.807) is 30.5 Å².